The Kier molecular flexibility index (Phi) is 4.18. The van der Waals surface area contributed by atoms with Gasteiger partial charge in [-0.25, -0.2) is 17.9 Å². The summed E-state index contributed by atoms with van der Waals surface area (Å²) in [7, 11) is 0. The van der Waals surface area contributed by atoms with Crippen molar-refractivity contribution < 1.29 is 17.9 Å². The second-order valence-corrected chi connectivity index (χ2v) is 4.46. The summed E-state index contributed by atoms with van der Waals surface area (Å²) in [6.45, 7) is -0.233. The quantitative estimate of drug-likeness (QED) is 0.723. The Balaban J connectivity index is 1.92. The number of hydrogen-bond acceptors (Lipinski definition) is 5. The number of halogens is 3. The summed E-state index contributed by atoms with van der Waals surface area (Å²) >= 11 is 0. The van der Waals surface area contributed by atoms with Crippen molar-refractivity contribution in [2.24, 2.45) is 0 Å². The van der Waals surface area contributed by atoms with Crippen molar-refractivity contribution >= 4 is 0 Å². The topological polar surface area (TPSA) is 65.7 Å². The van der Waals surface area contributed by atoms with Crippen LogP contribution in [0.2, 0.25) is 0 Å². The van der Waals surface area contributed by atoms with Crippen LogP contribution in [0.3, 0.4) is 0 Å². The van der Waals surface area contributed by atoms with Gasteiger partial charge < -0.3 is 4.74 Å². The fraction of sp³-hybridized carbons (Fsp3) is 0.143. The van der Waals surface area contributed by atoms with Gasteiger partial charge in [-0.15, -0.1) is 10.2 Å². The summed E-state index contributed by atoms with van der Waals surface area (Å²) in [5.41, 5.74) is -0.0565. The molecular formula is C14H10F3N5O. The molecule has 6 nitrogen and oxygen atoms in total. The predicted octanol–water partition coefficient (Wildman–Crippen LogP) is 2.71. The van der Waals surface area contributed by atoms with Crippen molar-refractivity contribution in [1.82, 2.24) is 25.2 Å². The van der Waals surface area contributed by atoms with Gasteiger partial charge in [-0.2, -0.15) is 5.10 Å². The first-order chi connectivity index (χ1) is 11.1. The van der Waals surface area contributed by atoms with Gasteiger partial charge in [-0.1, -0.05) is 5.21 Å². The summed E-state index contributed by atoms with van der Waals surface area (Å²) in [5.74, 6) is -0.264. The first-order valence-corrected chi connectivity index (χ1v) is 6.54. The number of alkyl halides is 2. The van der Waals surface area contributed by atoms with Gasteiger partial charge >= 0.3 is 0 Å². The molecule has 9 heteroatoms. The molecule has 0 saturated carbocycles. The van der Waals surface area contributed by atoms with Crippen LogP contribution in [0.4, 0.5) is 13.2 Å². The molecule has 0 N–H and O–H groups in total. The van der Waals surface area contributed by atoms with Crippen molar-refractivity contribution in [2.75, 3.05) is 0 Å². The minimum absolute atomic E-state index is 0.0530. The van der Waals surface area contributed by atoms with Crippen LogP contribution in [0, 0.1) is 5.82 Å². The van der Waals surface area contributed by atoms with E-state index in [4.69, 9.17) is 4.74 Å². The third-order valence-electron chi connectivity index (χ3n) is 2.98. The monoisotopic (exact) mass is 321 g/mol. The Hall–Kier alpha value is -2.97. The molecule has 2 heterocycles. The third-order valence-corrected chi connectivity index (χ3v) is 2.98. The van der Waals surface area contributed by atoms with E-state index >= 15 is 0 Å². The lowest BCUT2D eigenvalue weighted by atomic mass is 10.3. The van der Waals surface area contributed by atoms with Gasteiger partial charge in [0.25, 0.3) is 6.43 Å². The molecule has 0 radical (unpaired) electrons. The van der Waals surface area contributed by atoms with E-state index < -0.39 is 17.9 Å². The number of nitrogens with zero attached hydrogens (tertiary/aromatic N) is 5. The second kappa shape index (κ2) is 6.42. The van der Waals surface area contributed by atoms with Gasteiger partial charge in [0.15, 0.2) is 5.69 Å². The fourth-order valence-corrected chi connectivity index (χ4v) is 1.91. The maximum Gasteiger partial charge on any atom is 0.284 e. The van der Waals surface area contributed by atoms with Gasteiger partial charge in [0, 0.05) is 12.3 Å². The van der Waals surface area contributed by atoms with E-state index in [2.05, 4.69) is 20.5 Å². The molecule has 3 aromatic rings. The third kappa shape index (κ3) is 3.28. The van der Waals surface area contributed by atoms with Gasteiger partial charge in [0.05, 0.1) is 5.69 Å². The maximum absolute atomic E-state index is 13.1. The zero-order valence-electron chi connectivity index (χ0n) is 11.6. The van der Waals surface area contributed by atoms with Crippen molar-refractivity contribution in [1.29, 1.82) is 0 Å². The van der Waals surface area contributed by atoms with Gasteiger partial charge in [-0.3, -0.25) is 0 Å². The van der Waals surface area contributed by atoms with E-state index in [1.807, 2.05) is 0 Å². The van der Waals surface area contributed by atoms with Gasteiger partial charge in [0.1, 0.15) is 18.1 Å². The Morgan fingerprint density at radius 1 is 1.09 bits per heavy atom. The minimum Gasteiger partial charge on any atom is -0.470 e. The van der Waals surface area contributed by atoms with Crippen LogP contribution < -0.4 is 4.74 Å². The molecule has 118 valence electrons. The van der Waals surface area contributed by atoms with Crippen molar-refractivity contribution in [3.05, 3.63) is 59.8 Å². The van der Waals surface area contributed by atoms with E-state index in [9.17, 15) is 13.2 Å². The minimum atomic E-state index is -2.82. The largest absolute Gasteiger partial charge is 0.470 e. The van der Waals surface area contributed by atoms with E-state index in [1.54, 1.807) is 12.1 Å². The Bertz CT molecular complexity index is 777. The van der Waals surface area contributed by atoms with E-state index in [-0.39, 0.29) is 18.2 Å². The highest BCUT2D eigenvalue weighted by Gasteiger charge is 2.22. The molecule has 0 unspecified atom stereocenters. The number of rotatable bonds is 5. The Morgan fingerprint density at radius 3 is 2.52 bits per heavy atom. The fourth-order valence-electron chi connectivity index (χ4n) is 1.91. The van der Waals surface area contributed by atoms with Crippen molar-refractivity contribution in [2.45, 2.75) is 13.0 Å². The highest BCUT2D eigenvalue weighted by atomic mass is 19.3. The SMILES string of the molecule is Fc1ccc(-n2nnc(C(F)F)c2COc2cccnn2)cc1. The van der Waals surface area contributed by atoms with Crippen molar-refractivity contribution in [3.8, 4) is 11.6 Å². The summed E-state index contributed by atoms with van der Waals surface area (Å²) in [5, 5.41) is 14.5. The lowest BCUT2D eigenvalue weighted by molar-refractivity contribution is 0.142. The summed E-state index contributed by atoms with van der Waals surface area (Å²) in [6, 6.07) is 8.36. The molecule has 0 bridgehead atoms. The van der Waals surface area contributed by atoms with Crippen LogP contribution in [-0.2, 0) is 6.61 Å². The second-order valence-electron chi connectivity index (χ2n) is 4.46. The summed E-state index contributed by atoms with van der Waals surface area (Å²) in [6.07, 6.45) is -1.36. The number of aromatic nitrogens is 5. The van der Waals surface area contributed by atoms with Crippen molar-refractivity contribution in [3.63, 3.8) is 0 Å². The van der Waals surface area contributed by atoms with Crippen LogP contribution in [-0.4, -0.2) is 25.2 Å². The van der Waals surface area contributed by atoms with Crippen LogP contribution >= 0.6 is 0 Å². The first kappa shape index (κ1) is 14.9. The smallest absolute Gasteiger partial charge is 0.284 e. The first-order valence-electron chi connectivity index (χ1n) is 6.54. The highest BCUT2D eigenvalue weighted by molar-refractivity contribution is 5.33. The zero-order chi connectivity index (χ0) is 16.2. The van der Waals surface area contributed by atoms with Crippen LogP contribution in [0.5, 0.6) is 5.88 Å². The molecule has 2 aromatic heterocycles. The molecule has 0 spiro atoms. The molecule has 0 atom stereocenters. The summed E-state index contributed by atoms with van der Waals surface area (Å²) in [4.78, 5) is 0. The Labute approximate surface area is 128 Å². The predicted molar refractivity (Wildman–Crippen MR) is 72.6 cm³/mol. The van der Waals surface area contributed by atoms with Crippen LogP contribution in [0.15, 0.2) is 42.6 Å². The maximum atomic E-state index is 13.1. The highest BCUT2D eigenvalue weighted by Crippen LogP contribution is 2.23. The van der Waals surface area contributed by atoms with Crippen LogP contribution in [0.25, 0.3) is 5.69 Å². The molecular weight excluding hydrogens is 311 g/mol. The molecule has 0 amide bonds. The van der Waals surface area contributed by atoms with Crippen LogP contribution in [0.1, 0.15) is 17.8 Å². The normalized spacial score (nSPS) is 11.0. The molecule has 0 fully saturated rings. The molecule has 0 aliphatic heterocycles. The Morgan fingerprint density at radius 2 is 1.87 bits per heavy atom. The molecule has 3 rings (SSSR count). The average molecular weight is 321 g/mol. The molecule has 0 saturated heterocycles. The van der Waals surface area contributed by atoms with E-state index in [0.29, 0.717) is 5.69 Å². The molecule has 0 aliphatic rings. The lowest BCUT2D eigenvalue weighted by Crippen LogP contribution is -2.08. The standard InChI is InChI=1S/C14H10F3N5O/c15-9-3-5-10(6-4-9)22-11(13(14(16)17)20-21-22)8-23-12-2-1-7-18-19-12/h1-7,14H,8H2. The van der Waals surface area contributed by atoms with E-state index in [1.165, 1.54) is 35.1 Å². The van der Waals surface area contributed by atoms with Gasteiger partial charge in [-0.05, 0) is 30.3 Å². The molecule has 0 aliphatic carbocycles. The van der Waals surface area contributed by atoms with E-state index in [0.717, 1.165) is 0 Å². The molecule has 23 heavy (non-hydrogen) atoms. The number of hydrogen-bond donors (Lipinski definition) is 0. The number of ether oxygens (including phenoxy) is 1. The van der Waals surface area contributed by atoms with Gasteiger partial charge in [0.2, 0.25) is 5.88 Å². The zero-order valence-corrected chi connectivity index (χ0v) is 11.6. The lowest BCUT2D eigenvalue weighted by Gasteiger charge is -2.09. The summed E-state index contributed by atoms with van der Waals surface area (Å²) < 4.78 is 45.7. The average Bonchev–Trinajstić information content (AvgIpc) is 2.99. The number of benzene rings is 1. The molecule has 1 aromatic carbocycles.